The van der Waals surface area contributed by atoms with Crippen LogP contribution in [0.4, 0.5) is 0 Å². The molecule has 0 saturated heterocycles. The number of hydrogen-bond donors (Lipinski definition) is 2. The van der Waals surface area contributed by atoms with Crippen LogP contribution in [-0.4, -0.2) is 5.84 Å². The van der Waals surface area contributed by atoms with Gasteiger partial charge in [-0.25, -0.2) is 0 Å². The Labute approximate surface area is 92.5 Å². The van der Waals surface area contributed by atoms with Crippen LogP contribution in [0.5, 0.6) is 0 Å². The first-order chi connectivity index (χ1) is 7.22. The number of thiophene rings is 1. The van der Waals surface area contributed by atoms with Gasteiger partial charge in [0.1, 0.15) is 5.84 Å². The Morgan fingerprint density at radius 3 is 2.93 bits per heavy atom. The Hall–Kier alpha value is -1.61. The monoisotopic (exact) mass is 216 g/mol. The second kappa shape index (κ2) is 3.87. The number of rotatable bonds is 2. The van der Waals surface area contributed by atoms with E-state index in [4.69, 9.17) is 11.1 Å². The predicted molar refractivity (Wildman–Crippen MR) is 67.5 cm³/mol. The highest BCUT2D eigenvalue weighted by molar-refractivity contribution is 7.20. The lowest BCUT2D eigenvalue weighted by Crippen LogP contribution is -2.08. The normalized spacial score (nSPS) is 11.3. The molecule has 15 heavy (non-hydrogen) atoms. The van der Waals surface area contributed by atoms with Crippen LogP contribution < -0.4 is 5.73 Å². The van der Waals surface area contributed by atoms with Crippen molar-refractivity contribution in [3.8, 4) is 0 Å². The van der Waals surface area contributed by atoms with Gasteiger partial charge in [0.15, 0.2) is 0 Å². The number of nitrogens with one attached hydrogen (secondary N) is 1. The van der Waals surface area contributed by atoms with Gasteiger partial charge >= 0.3 is 0 Å². The summed E-state index contributed by atoms with van der Waals surface area (Å²) < 4.78 is 1.18. The molecule has 2 rings (SSSR count). The van der Waals surface area contributed by atoms with Crippen molar-refractivity contribution in [3.05, 3.63) is 40.8 Å². The fourth-order valence-corrected chi connectivity index (χ4v) is 2.50. The van der Waals surface area contributed by atoms with E-state index >= 15 is 0 Å². The average Bonchev–Trinajstić information content (AvgIpc) is 2.63. The maximum Gasteiger partial charge on any atom is 0.133 e. The van der Waals surface area contributed by atoms with E-state index in [0.717, 1.165) is 4.88 Å². The molecule has 0 radical (unpaired) electrons. The highest BCUT2D eigenvalue weighted by Gasteiger charge is 2.05. The molecule has 0 bridgehead atoms. The third kappa shape index (κ3) is 1.78. The van der Waals surface area contributed by atoms with Crippen molar-refractivity contribution in [2.45, 2.75) is 6.92 Å². The quantitative estimate of drug-likeness (QED) is 0.587. The third-order valence-corrected chi connectivity index (χ3v) is 3.34. The minimum atomic E-state index is 0.141. The largest absolute Gasteiger partial charge is 0.383 e. The topological polar surface area (TPSA) is 49.9 Å². The maximum atomic E-state index is 7.41. The first-order valence-electron chi connectivity index (χ1n) is 4.72. The third-order valence-electron chi connectivity index (χ3n) is 2.21. The molecule has 1 heterocycles. The second-order valence-electron chi connectivity index (χ2n) is 3.28. The zero-order valence-electron chi connectivity index (χ0n) is 8.45. The lowest BCUT2D eigenvalue weighted by Gasteiger charge is -1.94. The molecule has 1 aromatic heterocycles. The van der Waals surface area contributed by atoms with Gasteiger partial charge in [0.2, 0.25) is 0 Å². The number of allylic oxidation sites excluding steroid dienone is 1. The lowest BCUT2D eigenvalue weighted by molar-refractivity contribution is 1.46. The van der Waals surface area contributed by atoms with Crippen LogP contribution >= 0.6 is 11.3 Å². The molecule has 0 saturated carbocycles. The van der Waals surface area contributed by atoms with Crippen molar-refractivity contribution in [1.29, 1.82) is 5.41 Å². The molecule has 2 aromatic rings. The van der Waals surface area contributed by atoms with Gasteiger partial charge in [-0.3, -0.25) is 5.41 Å². The number of nitrogens with two attached hydrogens (primary N) is 1. The Bertz CT molecular complexity index is 538. The van der Waals surface area contributed by atoms with Crippen molar-refractivity contribution in [3.63, 3.8) is 0 Å². The van der Waals surface area contributed by atoms with Crippen LogP contribution in [0.1, 0.15) is 17.4 Å². The average molecular weight is 216 g/mol. The number of fused-ring (bicyclic) bond motifs is 1. The zero-order valence-corrected chi connectivity index (χ0v) is 9.27. The van der Waals surface area contributed by atoms with Crippen molar-refractivity contribution in [2.75, 3.05) is 0 Å². The molecule has 0 spiro atoms. The Morgan fingerprint density at radius 2 is 2.27 bits per heavy atom. The van der Waals surface area contributed by atoms with Crippen LogP contribution in [0.2, 0.25) is 0 Å². The molecular formula is C12H12N2S. The Morgan fingerprint density at radius 1 is 1.47 bits per heavy atom. The number of hydrogen-bond acceptors (Lipinski definition) is 2. The van der Waals surface area contributed by atoms with E-state index in [1.807, 2.05) is 25.1 Å². The molecule has 1 aromatic carbocycles. The standard InChI is InChI=1S/C12H12N2S/c1-2-4-8-5-3-6-10-9(8)7-11(15-10)12(13)14/h2-7H,1H3,(H3,13,14)/b4-2+. The molecule has 0 unspecified atom stereocenters. The van der Waals surface area contributed by atoms with Gasteiger partial charge in [-0.05, 0) is 24.6 Å². The van der Waals surface area contributed by atoms with Crippen molar-refractivity contribution >= 4 is 33.3 Å². The summed E-state index contributed by atoms with van der Waals surface area (Å²) in [4.78, 5) is 0.835. The van der Waals surface area contributed by atoms with E-state index in [1.165, 1.54) is 15.6 Å². The van der Waals surface area contributed by atoms with E-state index in [9.17, 15) is 0 Å². The maximum absolute atomic E-state index is 7.41. The van der Waals surface area contributed by atoms with Crippen LogP contribution in [0.15, 0.2) is 30.3 Å². The molecule has 0 aliphatic carbocycles. The molecule has 3 heteroatoms. The molecule has 76 valence electrons. The Balaban J connectivity index is 2.69. The van der Waals surface area contributed by atoms with Gasteiger partial charge in [0, 0.05) is 10.1 Å². The fraction of sp³-hybridized carbons (Fsp3) is 0.0833. The van der Waals surface area contributed by atoms with Crippen LogP contribution in [0, 0.1) is 5.41 Å². The summed E-state index contributed by atoms with van der Waals surface area (Å²) >= 11 is 1.56. The van der Waals surface area contributed by atoms with E-state index in [2.05, 4.69) is 18.2 Å². The summed E-state index contributed by atoms with van der Waals surface area (Å²) in [5, 5.41) is 8.58. The van der Waals surface area contributed by atoms with Crippen LogP contribution in [0.25, 0.3) is 16.2 Å². The lowest BCUT2D eigenvalue weighted by atomic mass is 10.1. The highest BCUT2D eigenvalue weighted by atomic mass is 32.1. The summed E-state index contributed by atoms with van der Waals surface area (Å²) in [6.45, 7) is 2.00. The fourth-order valence-electron chi connectivity index (χ4n) is 1.54. The van der Waals surface area contributed by atoms with Crippen LogP contribution in [0.3, 0.4) is 0 Å². The molecule has 3 N–H and O–H groups in total. The molecule has 0 aliphatic heterocycles. The van der Waals surface area contributed by atoms with E-state index in [0.29, 0.717) is 0 Å². The highest BCUT2D eigenvalue weighted by Crippen LogP contribution is 2.28. The van der Waals surface area contributed by atoms with E-state index in [1.54, 1.807) is 11.3 Å². The SMILES string of the molecule is C/C=C/c1cccc2sc(C(=N)N)cc12. The summed E-state index contributed by atoms with van der Waals surface area (Å²) in [6, 6.07) is 8.13. The summed E-state index contributed by atoms with van der Waals surface area (Å²) in [7, 11) is 0. The van der Waals surface area contributed by atoms with Crippen molar-refractivity contribution < 1.29 is 0 Å². The summed E-state index contributed by atoms with van der Waals surface area (Å²) in [5.74, 6) is 0.141. The first-order valence-corrected chi connectivity index (χ1v) is 5.53. The molecule has 0 amide bonds. The molecule has 0 fully saturated rings. The number of benzene rings is 1. The first kappa shape index (κ1) is 9.93. The van der Waals surface area contributed by atoms with Crippen LogP contribution in [-0.2, 0) is 0 Å². The molecule has 2 nitrogen and oxygen atoms in total. The van der Waals surface area contributed by atoms with Crippen molar-refractivity contribution in [2.24, 2.45) is 5.73 Å². The van der Waals surface area contributed by atoms with E-state index < -0.39 is 0 Å². The smallest absolute Gasteiger partial charge is 0.133 e. The minimum absolute atomic E-state index is 0.141. The Kier molecular flexibility index (Phi) is 2.56. The molecule has 0 aliphatic rings. The van der Waals surface area contributed by atoms with Gasteiger partial charge in [-0.1, -0.05) is 24.3 Å². The van der Waals surface area contributed by atoms with Gasteiger partial charge in [0.25, 0.3) is 0 Å². The van der Waals surface area contributed by atoms with Gasteiger partial charge < -0.3 is 5.73 Å². The zero-order chi connectivity index (χ0) is 10.8. The van der Waals surface area contributed by atoms with Gasteiger partial charge in [-0.2, -0.15) is 0 Å². The van der Waals surface area contributed by atoms with Crippen molar-refractivity contribution in [1.82, 2.24) is 0 Å². The van der Waals surface area contributed by atoms with Gasteiger partial charge in [-0.15, -0.1) is 11.3 Å². The molecular weight excluding hydrogens is 204 g/mol. The predicted octanol–water partition coefficient (Wildman–Crippen LogP) is 3.22. The number of amidine groups is 1. The molecule has 0 atom stereocenters. The number of nitrogen functional groups attached to an aromatic ring is 1. The minimum Gasteiger partial charge on any atom is -0.383 e. The van der Waals surface area contributed by atoms with Gasteiger partial charge in [0.05, 0.1) is 4.88 Å². The second-order valence-corrected chi connectivity index (χ2v) is 4.37. The summed E-state index contributed by atoms with van der Waals surface area (Å²) in [5.41, 5.74) is 6.66. The summed E-state index contributed by atoms with van der Waals surface area (Å²) in [6.07, 6.45) is 4.08. The van der Waals surface area contributed by atoms with E-state index in [-0.39, 0.29) is 5.84 Å².